The second-order valence-electron chi connectivity index (χ2n) is 3.98. The molecule has 0 unspecified atom stereocenters. The minimum absolute atomic E-state index is 0.623. The normalized spacial score (nSPS) is 10.2. The second-order valence-corrected chi connectivity index (χ2v) is 5.00. The van der Waals surface area contributed by atoms with Crippen molar-refractivity contribution in [2.45, 2.75) is 20.3 Å². The summed E-state index contributed by atoms with van der Waals surface area (Å²) in [5.74, 6) is 0. The summed E-state index contributed by atoms with van der Waals surface area (Å²) in [5.41, 5.74) is 10.1. The van der Waals surface area contributed by atoms with E-state index in [2.05, 4.69) is 44.2 Å². The highest BCUT2D eigenvalue weighted by molar-refractivity contribution is 7.16. The first-order chi connectivity index (χ1) is 8.17. The number of nitriles is 1. The van der Waals surface area contributed by atoms with Gasteiger partial charge < -0.3 is 5.73 Å². The summed E-state index contributed by atoms with van der Waals surface area (Å²) in [7, 11) is 0. The van der Waals surface area contributed by atoms with Gasteiger partial charge in [-0.2, -0.15) is 5.26 Å². The number of nitrogen functional groups attached to an aromatic ring is 1. The van der Waals surface area contributed by atoms with Gasteiger partial charge in [0.05, 0.1) is 5.69 Å². The molecule has 0 aliphatic carbocycles. The van der Waals surface area contributed by atoms with Crippen LogP contribution in [0.5, 0.6) is 0 Å². The first-order valence-electron chi connectivity index (χ1n) is 5.55. The molecule has 0 saturated carbocycles. The van der Waals surface area contributed by atoms with Gasteiger partial charge in [-0.1, -0.05) is 36.8 Å². The number of hydrogen-bond donors (Lipinski definition) is 1. The van der Waals surface area contributed by atoms with Gasteiger partial charge in [0.1, 0.15) is 10.9 Å². The Labute approximate surface area is 105 Å². The lowest BCUT2D eigenvalue weighted by atomic mass is 10.1. The van der Waals surface area contributed by atoms with Crippen LogP contribution in [0.3, 0.4) is 0 Å². The summed E-state index contributed by atoms with van der Waals surface area (Å²) in [4.78, 5) is 1.75. The van der Waals surface area contributed by atoms with Crippen LogP contribution in [0.15, 0.2) is 24.3 Å². The van der Waals surface area contributed by atoms with E-state index in [1.54, 1.807) is 0 Å². The number of rotatable bonds is 2. The molecule has 0 amide bonds. The highest BCUT2D eigenvalue weighted by Crippen LogP contribution is 2.38. The number of thiophene rings is 1. The molecule has 3 heteroatoms. The average molecular weight is 242 g/mol. The quantitative estimate of drug-likeness (QED) is 0.872. The average Bonchev–Trinajstić information content (AvgIpc) is 2.66. The zero-order valence-electron chi connectivity index (χ0n) is 9.95. The molecular formula is C14H14N2S. The Kier molecular flexibility index (Phi) is 3.16. The summed E-state index contributed by atoms with van der Waals surface area (Å²) in [6.45, 7) is 4.13. The Morgan fingerprint density at radius 2 is 1.94 bits per heavy atom. The Morgan fingerprint density at radius 1 is 1.29 bits per heavy atom. The number of nitrogens with zero attached hydrogens (tertiary/aromatic N) is 1. The van der Waals surface area contributed by atoms with E-state index < -0.39 is 0 Å². The summed E-state index contributed by atoms with van der Waals surface area (Å²) in [6.07, 6.45) is 0.854. The highest BCUT2D eigenvalue weighted by Gasteiger charge is 2.15. The van der Waals surface area contributed by atoms with Gasteiger partial charge in [-0.05, 0) is 24.5 Å². The Balaban J connectivity index is 2.59. The predicted molar refractivity (Wildman–Crippen MR) is 73.0 cm³/mol. The van der Waals surface area contributed by atoms with Crippen LogP contribution in [0.1, 0.15) is 22.9 Å². The zero-order chi connectivity index (χ0) is 12.4. The van der Waals surface area contributed by atoms with Crippen molar-refractivity contribution in [2.24, 2.45) is 0 Å². The monoisotopic (exact) mass is 242 g/mol. The van der Waals surface area contributed by atoms with Gasteiger partial charge in [0, 0.05) is 4.88 Å². The number of nitrogens with two attached hydrogens (primary N) is 1. The minimum Gasteiger partial charge on any atom is -0.397 e. The third-order valence-electron chi connectivity index (χ3n) is 2.82. The van der Waals surface area contributed by atoms with Gasteiger partial charge in [-0.15, -0.1) is 11.3 Å². The lowest BCUT2D eigenvalue weighted by molar-refractivity contribution is 1.16. The van der Waals surface area contributed by atoms with Crippen LogP contribution >= 0.6 is 11.3 Å². The van der Waals surface area contributed by atoms with Crippen molar-refractivity contribution in [3.63, 3.8) is 0 Å². The molecule has 2 N–H and O–H groups in total. The number of aryl methyl sites for hydroxylation is 1. The molecule has 0 spiro atoms. The molecule has 17 heavy (non-hydrogen) atoms. The topological polar surface area (TPSA) is 49.8 Å². The molecule has 2 aromatic rings. The SMILES string of the molecule is CCc1c(-c2ccc(C)cc2)sc(C#N)c1N. The van der Waals surface area contributed by atoms with Crippen LogP contribution < -0.4 is 5.73 Å². The molecule has 1 aromatic heterocycles. The van der Waals surface area contributed by atoms with E-state index in [1.807, 2.05) is 0 Å². The molecule has 0 aliphatic heterocycles. The fourth-order valence-corrected chi connectivity index (χ4v) is 2.96. The molecule has 0 aliphatic rings. The molecule has 2 nitrogen and oxygen atoms in total. The molecule has 86 valence electrons. The fraction of sp³-hybridized carbons (Fsp3) is 0.214. The molecule has 1 aromatic carbocycles. The number of hydrogen-bond acceptors (Lipinski definition) is 3. The lowest BCUT2D eigenvalue weighted by Gasteiger charge is -2.03. The van der Waals surface area contributed by atoms with Crippen molar-refractivity contribution in [1.29, 1.82) is 5.26 Å². The summed E-state index contributed by atoms with van der Waals surface area (Å²) < 4.78 is 0. The van der Waals surface area contributed by atoms with Crippen LogP contribution in [0.25, 0.3) is 10.4 Å². The largest absolute Gasteiger partial charge is 0.397 e. The van der Waals surface area contributed by atoms with Gasteiger partial charge in [-0.25, -0.2) is 0 Å². The van der Waals surface area contributed by atoms with Crippen LogP contribution in [0, 0.1) is 18.3 Å². The molecule has 1 heterocycles. The van der Waals surface area contributed by atoms with E-state index in [9.17, 15) is 0 Å². The smallest absolute Gasteiger partial charge is 0.128 e. The summed E-state index contributed by atoms with van der Waals surface area (Å²) in [5, 5.41) is 9.02. The molecule has 2 rings (SSSR count). The Bertz CT molecular complexity index is 574. The maximum atomic E-state index is 9.02. The zero-order valence-corrected chi connectivity index (χ0v) is 10.8. The van der Waals surface area contributed by atoms with Gasteiger partial charge in [0.25, 0.3) is 0 Å². The van der Waals surface area contributed by atoms with E-state index in [-0.39, 0.29) is 0 Å². The predicted octanol–water partition coefficient (Wildman–Crippen LogP) is 3.74. The molecule has 0 bridgehead atoms. The molecule has 0 fully saturated rings. The fourth-order valence-electron chi connectivity index (χ4n) is 1.85. The highest BCUT2D eigenvalue weighted by atomic mass is 32.1. The van der Waals surface area contributed by atoms with E-state index >= 15 is 0 Å². The second kappa shape index (κ2) is 4.60. The number of anilines is 1. The first kappa shape index (κ1) is 11.7. The number of benzene rings is 1. The van der Waals surface area contributed by atoms with Crippen LogP contribution in [-0.2, 0) is 6.42 Å². The van der Waals surface area contributed by atoms with Gasteiger partial charge in [0.2, 0.25) is 0 Å². The van der Waals surface area contributed by atoms with E-state index in [0.29, 0.717) is 10.6 Å². The van der Waals surface area contributed by atoms with Crippen molar-refractivity contribution in [1.82, 2.24) is 0 Å². The maximum Gasteiger partial charge on any atom is 0.128 e. The van der Waals surface area contributed by atoms with Crippen LogP contribution in [0.4, 0.5) is 5.69 Å². The van der Waals surface area contributed by atoms with E-state index in [4.69, 9.17) is 11.0 Å². The molecular weight excluding hydrogens is 228 g/mol. The van der Waals surface area contributed by atoms with Crippen molar-refractivity contribution in [2.75, 3.05) is 5.73 Å². The standard InChI is InChI=1S/C14H14N2S/c1-3-11-13(16)12(8-15)17-14(11)10-6-4-9(2)5-7-10/h4-7H,3,16H2,1-2H3. The van der Waals surface area contributed by atoms with Crippen LogP contribution in [0.2, 0.25) is 0 Å². The van der Waals surface area contributed by atoms with Gasteiger partial charge >= 0.3 is 0 Å². The maximum absolute atomic E-state index is 9.02. The Hall–Kier alpha value is -1.79. The summed E-state index contributed by atoms with van der Waals surface area (Å²) in [6, 6.07) is 10.5. The molecule has 0 atom stereocenters. The summed E-state index contributed by atoms with van der Waals surface area (Å²) >= 11 is 1.48. The Morgan fingerprint density at radius 3 is 2.47 bits per heavy atom. The third kappa shape index (κ3) is 2.04. The van der Waals surface area contributed by atoms with E-state index in [0.717, 1.165) is 22.4 Å². The van der Waals surface area contributed by atoms with E-state index in [1.165, 1.54) is 16.9 Å². The first-order valence-corrected chi connectivity index (χ1v) is 6.37. The van der Waals surface area contributed by atoms with Gasteiger partial charge in [0.15, 0.2) is 0 Å². The van der Waals surface area contributed by atoms with Crippen molar-refractivity contribution in [3.8, 4) is 16.5 Å². The van der Waals surface area contributed by atoms with Crippen molar-refractivity contribution in [3.05, 3.63) is 40.3 Å². The minimum atomic E-state index is 0.623. The van der Waals surface area contributed by atoms with Crippen molar-refractivity contribution < 1.29 is 0 Å². The lowest BCUT2D eigenvalue weighted by Crippen LogP contribution is -1.91. The van der Waals surface area contributed by atoms with Crippen molar-refractivity contribution >= 4 is 17.0 Å². The molecule has 0 saturated heterocycles. The van der Waals surface area contributed by atoms with Gasteiger partial charge in [-0.3, -0.25) is 0 Å². The van der Waals surface area contributed by atoms with Crippen LogP contribution in [-0.4, -0.2) is 0 Å². The third-order valence-corrected chi connectivity index (χ3v) is 4.02. The molecule has 0 radical (unpaired) electrons.